The number of ether oxygens (including phenoxy) is 4. The topological polar surface area (TPSA) is 54.0 Å². The van der Waals surface area contributed by atoms with E-state index in [2.05, 4.69) is 42.5 Å². The highest BCUT2D eigenvalue weighted by molar-refractivity contribution is 5.84. The van der Waals surface area contributed by atoms with Gasteiger partial charge in [0, 0.05) is 18.6 Å². The highest BCUT2D eigenvalue weighted by atomic mass is 16.6. The number of unbranched alkanes of at least 4 members (excludes halogenated alkanes) is 1. The van der Waals surface area contributed by atoms with Crippen LogP contribution >= 0.6 is 0 Å². The molecule has 0 bridgehead atoms. The number of benzene rings is 3. The predicted octanol–water partition coefficient (Wildman–Crippen LogP) is 6.38. The lowest BCUT2D eigenvalue weighted by Gasteiger charge is -2.15. The number of carbonyl (C=O) groups is 1. The normalized spacial score (nSPS) is 14.2. The maximum absolute atomic E-state index is 12.1. The first kappa shape index (κ1) is 25.5. The molecule has 188 valence electrons. The molecule has 0 saturated heterocycles. The zero-order valence-electron chi connectivity index (χ0n) is 21.1. The molecule has 0 radical (unpaired) electrons. The average molecular weight is 487 g/mol. The molecule has 0 spiro atoms. The minimum Gasteiger partial charge on any atom is -0.494 e. The van der Waals surface area contributed by atoms with E-state index in [-0.39, 0.29) is 5.97 Å². The Morgan fingerprint density at radius 3 is 2.47 bits per heavy atom. The molecular weight excluding hydrogens is 452 g/mol. The maximum atomic E-state index is 12.1. The molecule has 5 nitrogen and oxygen atoms in total. The fourth-order valence-electron chi connectivity index (χ4n) is 4.35. The summed E-state index contributed by atoms with van der Waals surface area (Å²) in [5, 5.41) is 0. The van der Waals surface area contributed by atoms with Gasteiger partial charge in [-0.3, -0.25) is 0 Å². The van der Waals surface area contributed by atoms with Crippen LogP contribution in [0.5, 0.6) is 11.5 Å². The molecule has 3 aromatic rings. The van der Waals surface area contributed by atoms with Crippen LogP contribution < -0.4 is 9.47 Å². The van der Waals surface area contributed by atoms with E-state index in [1.807, 2.05) is 43.3 Å². The van der Waals surface area contributed by atoms with Crippen molar-refractivity contribution in [2.45, 2.75) is 45.8 Å². The van der Waals surface area contributed by atoms with Crippen molar-refractivity contribution in [2.24, 2.45) is 0 Å². The Balaban J connectivity index is 1.33. The smallest absolute Gasteiger partial charge is 0.335 e. The second-order valence-corrected chi connectivity index (χ2v) is 8.59. The third-order valence-electron chi connectivity index (χ3n) is 6.10. The Hall–Kier alpha value is -3.57. The van der Waals surface area contributed by atoms with E-state index in [0.717, 1.165) is 35.5 Å². The first-order valence-corrected chi connectivity index (χ1v) is 12.7. The van der Waals surface area contributed by atoms with Gasteiger partial charge >= 0.3 is 5.97 Å². The molecule has 1 aliphatic heterocycles. The molecule has 0 N–H and O–H groups in total. The molecular formula is C31H34O5. The van der Waals surface area contributed by atoms with Crippen LogP contribution in [0.3, 0.4) is 0 Å². The van der Waals surface area contributed by atoms with E-state index < -0.39 is 6.10 Å². The zero-order valence-corrected chi connectivity index (χ0v) is 21.1. The summed E-state index contributed by atoms with van der Waals surface area (Å²) >= 11 is 0. The molecule has 0 aliphatic carbocycles. The van der Waals surface area contributed by atoms with Crippen LogP contribution in [0.2, 0.25) is 0 Å². The van der Waals surface area contributed by atoms with Crippen LogP contribution in [0.15, 0.2) is 78.9 Å². The van der Waals surface area contributed by atoms with E-state index in [1.54, 1.807) is 6.92 Å². The van der Waals surface area contributed by atoms with Gasteiger partial charge in [-0.2, -0.15) is 0 Å². The lowest BCUT2D eigenvalue weighted by atomic mass is 9.93. The van der Waals surface area contributed by atoms with Crippen molar-refractivity contribution in [3.8, 4) is 11.5 Å². The summed E-state index contributed by atoms with van der Waals surface area (Å²) in [7, 11) is 0. The van der Waals surface area contributed by atoms with Crippen LogP contribution in [-0.2, 0) is 27.3 Å². The summed E-state index contributed by atoms with van der Waals surface area (Å²) in [4.78, 5) is 12.1. The standard InChI is InChI=1S/C31H34O5/c1-3-33-30(31(32)34-4-2)21-23-16-18-25(19-17-23)35-20-10-9-13-27-26-12-6-5-11-24(26)22-36-29-15-8-7-14-28(27)29/h5-8,11-19,30H,3-4,9-10,20-22H2,1-2H3/b27-13-. The van der Waals surface area contributed by atoms with Gasteiger partial charge in [-0.25, -0.2) is 4.79 Å². The van der Waals surface area contributed by atoms with Crippen molar-refractivity contribution in [1.29, 1.82) is 0 Å². The molecule has 1 aliphatic rings. The molecule has 36 heavy (non-hydrogen) atoms. The van der Waals surface area contributed by atoms with Gasteiger partial charge < -0.3 is 18.9 Å². The highest BCUT2D eigenvalue weighted by Crippen LogP contribution is 2.36. The van der Waals surface area contributed by atoms with Gasteiger partial charge in [-0.05, 0) is 67.2 Å². The molecule has 1 unspecified atom stereocenters. The summed E-state index contributed by atoms with van der Waals surface area (Å²) in [6.07, 6.45) is 3.98. The van der Waals surface area contributed by atoms with Gasteiger partial charge in [-0.1, -0.05) is 60.7 Å². The van der Waals surface area contributed by atoms with Crippen LogP contribution in [0.25, 0.3) is 5.57 Å². The zero-order chi connectivity index (χ0) is 25.2. The van der Waals surface area contributed by atoms with Crippen molar-refractivity contribution in [1.82, 2.24) is 0 Å². The van der Waals surface area contributed by atoms with E-state index in [4.69, 9.17) is 18.9 Å². The molecule has 4 rings (SSSR count). The molecule has 0 amide bonds. The minimum absolute atomic E-state index is 0.320. The number of esters is 1. The van der Waals surface area contributed by atoms with Gasteiger partial charge in [-0.15, -0.1) is 0 Å². The van der Waals surface area contributed by atoms with Crippen molar-refractivity contribution in [3.05, 3.63) is 101 Å². The van der Waals surface area contributed by atoms with Gasteiger partial charge in [0.25, 0.3) is 0 Å². The molecule has 1 atom stereocenters. The van der Waals surface area contributed by atoms with Crippen molar-refractivity contribution in [3.63, 3.8) is 0 Å². The van der Waals surface area contributed by atoms with Gasteiger partial charge in [0.1, 0.15) is 18.1 Å². The summed E-state index contributed by atoms with van der Waals surface area (Å²) in [6.45, 7) is 5.68. The number of fused-ring (bicyclic) bond motifs is 2. The largest absolute Gasteiger partial charge is 0.494 e. The molecule has 3 aromatic carbocycles. The Kier molecular flexibility index (Phi) is 9.17. The average Bonchev–Trinajstić information content (AvgIpc) is 3.06. The van der Waals surface area contributed by atoms with Crippen LogP contribution in [0.4, 0.5) is 0 Å². The summed E-state index contributed by atoms with van der Waals surface area (Å²) in [6, 6.07) is 24.5. The van der Waals surface area contributed by atoms with Crippen LogP contribution in [0.1, 0.15) is 48.9 Å². The molecule has 0 fully saturated rings. The lowest BCUT2D eigenvalue weighted by molar-refractivity contribution is -0.156. The van der Waals surface area contributed by atoms with E-state index in [9.17, 15) is 4.79 Å². The van der Waals surface area contributed by atoms with Crippen molar-refractivity contribution in [2.75, 3.05) is 19.8 Å². The molecule has 5 heteroatoms. The number of hydrogen-bond acceptors (Lipinski definition) is 5. The SMILES string of the molecule is CCOC(=O)C(Cc1ccc(OCCC/C=C2/c3ccccc3COc3ccccc32)cc1)OCC. The second kappa shape index (κ2) is 12.9. The van der Waals surface area contributed by atoms with E-state index >= 15 is 0 Å². The fraction of sp³-hybridized carbons (Fsp3) is 0.323. The first-order chi connectivity index (χ1) is 17.7. The number of carbonyl (C=O) groups excluding carboxylic acids is 1. The summed E-state index contributed by atoms with van der Waals surface area (Å²) in [5.41, 5.74) is 5.78. The van der Waals surface area contributed by atoms with E-state index in [0.29, 0.717) is 32.8 Å². The summed E-state index contributed by atoms with van der Waals surface area (Å²) < 4.78 is 22.7. The highest BCUT2D eigenvalue weighted by Gasteiger charge is 2.21. The molecule has 0 saturated carbocycles. The van der Waals surface area contributed by atoms with Crippen molar-refractivity contribution >= 4 is 11.5 Å². The van der Waals surface area contributed by atoms with Gasteiger partial charge in [0.2, 0.25) is 0 Å². The van der Waals surface area contributed by atoms with Crippen LogP contribution in [0, 0.1) is 0 Å². The minimum atomic E-state index is -0.584. The number of rotatable bonds is 11. The maximum Gasteiger partial charge on any atom is 0.335 e. The summed E-state index contributed by atoms with van der Waals surface area (Å²) in [5.74, 6) is 1.42. The Labute approximate surface area is 213 Å². The predicted molar refractivity (Wildman–Crippen MR) is 141 cm³/mol. The van der Waals surface area contributed by atoms with Gasteiger partial charge in [0.15, 0.2) is 6.10 Å². The van der Waals surface area contributed by atoms with Crippen molar-refractivity contribution < 1.29 is 23.7 Å². The fourth-order valence-corrected chi connectivity index (χ4v) is 4.35. The van der Waals surface area contributed by atoms with Gasteiger partial charge in [0.05, 0.1) is 13.2 Å². The Morgan fingerprint density at radius 2 is 1.69 bits per heavy atom. The Morgan fingerprint density at radius 1 is 0.944 bits per heavy atom. The molecule has 1 heterocycles. The Bertz CT molecular complexity index is 1120. The lowest BCUT2D eigenvalue weighted by Crippen LogP contribution is -2.28. The second-order valence-electron chi connectivity index (χ2n) is 8.59. The third-order valence-corrected chi connectivity index (χ3v) is 6.10. The molecule has 0 aromatic heterocycles. The van der Waals surface area contributed by atoms with Crippen LogP contribution in [-0.4, -0.2) is 31.9 Å². The first-order valence-electron chi connectivity index (χ1n) is 12.7. The number of para-hydroxylation sites is 1. The number of allylic oxidation sites excluding steroid dienone is 1. The van der Waals surface area contributed by atoms with E-state index in [1.165, 1.54) is 16.7 Å². The third kappa shape index (κ3) is 6.55. The monoisotopic (exact) mass is 486 g/mol. The quantitative estimate of drug-likeness (QED) is 0.232. The number of hydrogen-bond donors (Lipinski definition) is 0.